The Labute approximate surface area is 89.6 Å². The molecule has 0 saturated carbocycles. The highest BCUT2D eigenvalue weighted by Gasteiger charge is 2.03. The average Bonchev–Trinajstić information content (AvgIpc) is 2.18. The van der Waals surface area contributed by atoms with E-state index in [1.54, 1.807) is 0 Å². The molecule has 0 unspecified atom stereocenters. The zero-order chi connectivity index (χ0) is 11.3. The third-order valence-corrected chi connectivity index (χ3v) is 2.01. The van der Waals surface area contributed by atoms with Crippen molar-refractivity contribution in [3.05, 3.63) is 53.6 Å². The van der Waals surface area contributed by atoms with Crippen LogP contribution in [0, 0.1) is 0 Å². The van der Waals surface area contributed by atoms with Gasteiger partial charge in [-0.25, -0.2) is 4.79 Å². The van der Waals surface area contributed by atoms with Crippen LogP contribution in [0.1, 0.15) is 18.9 Å². The first-order valence-electron chi connectivity index (χ1n) is 4.73. The highest BCUT2D eigenvalue weighted by molar-refractivity contribution is 5.86. The molecular weight excluding hydrogens is 188 g/mol. The van der Waals surface area contributed by atoms with Crippen LogP contribution in [-0.4, -0.2) is 11.1 Å². The molecule has 0 aliphatic heterocycles. The molecule has 15 heavy (non-hydrogen) atoms. The predicted molar refractivity (Wildman–Crippen MR) is 61.5 cm³/mol. The zero-order valence-electron chi connectivity index (χ0n) is 8.73. The summed E-state index contributed by atoms with van der Waals surface area (Å²) in [6.45, 7) is 5.40. The van der Waals surface area contributed by atoms with Crippen LogP contribution in [0.4, 0.5) is 0 Å². The van der Waals surface area contributed by atoms with Crippen molar-refractivity contribution in [1.29, 1.82) is 0 Å². The lowest BCUT2D eigenvalue weighted by Crippen LogP contribution is -1.98. The second-order valence-corrected chi connectivity index (χ2v) is 3.49. The highest BCUT2D eigenvalue weighted by atomic mass is 16.4. The van der Waals surface area contributed by atoms with Crippen molar-refractivity contribution in [3.63, 3.8) is 0 Å². The summed E-state index contributed by atoms with van der Waals surface area (Å²) < 4.78 is 0. The van der Waals surface area contributed by atoms with Crippen molar-refractivity contribution in [2.75, 3.05) is 0 Å². The summed E-state index contributed by atoms with van der Waals surface area (Å²) in [7, 11) is 0. The van der Waals surface area contributed by atoms with Crippen LogP contribution < -0.4 is 0 Å². The maximum absolute atomic E-state index is 10.6. The van der Waals surface area contributed by atoms with Crippen LogP contribution >= 0.6 is 0 Å². The molecule has 0 saturated heterocycles. The number of carboxylic acid groups (broad SMARTS) is 1. The molecule has 0 aromatic heterocycles. The van der Waals surface area contributed by atoms with Gasteiger partial charge in [-0.05, 0) is 18.9 Å². The largest absolute Gasteiger partial charge is 0.478 e. The number of carbonyl (C=O) groups is 1. The summed E-state index contributed by atoms with van der Waals surface area (Å²) in [6.07, 6.45) is 2.37. The lowest BCUT2D eigenvalue weighted by Gasteiger charge is -2.01. The smallest absolute Gasteiger partial charge is 0.331 e. The van der Waals surface area contributed by atoms with E-state index < -0.39 is 5.97 Å². The molecule has 78 valence electrons. The fourth-order valence-electron chi connectivity index (χ4n) is 1.30. The molecule has 0 aliphatic carbocycles. The summed E-state index contributed by atoms with van der Waals surface area (Å²) in [4.78, 5) is 10.6. The standard InChI is InChI=1S/C13H14O2/c1-10(8-11(2)13(14)15)9-12-6-4-3-5-7-12/h3-7,9H,2,8H2,1H3,(H,14,15). The molecule has 0 radical (unpaired) electrons. The quantitative estimate of drug-likeness (QED) is 0.761. The number of hydrogen-bond acceptors (Lipinski definition) is 1. The molecule has 1 aromatic carbocycles. The number of aliphatic carboxylic acids is 1. The first-order chi connectivity index (χ1) is 7.09. The van der Waals surface area contributed by atoms with Crippen LogP contribution in [0.5, 0.6) is 0 Å². The SMILES string of the molecule is C=C(CC(C)=Cc1ccccc1)C(=O)O. The number of hydrogen-bond donors (Lipinski definition) is 1. The maximum Gasteiger partial charge on any atom is 0.331 e. The first kappa shape index (κ1) is 11.2. The fraction of sp³-hybridized carbons (Fsp3) is 0.154. The van der Waals surface area contributed by atoms with Gasteiger partial charge in [0.05, 0.1) is 0 Å². The molecule has 2 heteroatoms. The minimum Gasteiger partial charge on any atom is -0.478 e. The van der Waals surface area contributed by atoms with Gasteiger partial charge in [-0.2, -0.15) is 0 Å². The van der Waals surface area contributed by atoms with E-state index in [1.807, 2.05) is 43.3 Å². The van der Waals surface area contributed by atoms with Crippen molar-refractivity contribution in [3.8, 4) is 0 Å². The van der Waals surface area contributed by atoms with Gasteiger partial charge in [0.2, 0.25) is 0 Å². The highest BCUT2D eigenvalue weighted by Crippen LogP contribution is 2.13. The van der Waals surface area contributed by atoms with E-state index in [9.17, 15) is 4.79 Å². The van der Waals surface area contributed by atoms with E-state index in [4.69, 9.17) is 5.11 Å². The second kappa shape index (κ2) is 5.15. The fourth-order valence-corrected chi connectivity index (χ4v) is 1.30. The molecule has 0 spiro atoms. The Morgan fingerprint density at radius 3 is 2.53 bits per heavy atom. The summed E-state index contributed by atoms with van der Waals surface area (Å²) in [5.74, 6) is -0.934. The average molecular weight is 202 g/mol. The Morgan fingerprint density at radius 2 is 2.00 bits per heavy atom. The van der Waals surface area contributed by atoms with Crippen molar-refractivity contribution in [2.24, 2.45) is 0 Å². The molecular formula is C13H14O2. The van der Waals surface area contributed by atoms with Gasteiger partial charge in [-0.1, -0.05) is 48.6 Å². The van der Waals surface area contributed by atoms with Crippen LogP contribution in [0.2, 0.25) is 0 Å². The van der Waals surface area contributed by atoms with Gasteiger partial charge in [-0.15, -0.1) is 0 Å². The van der Waals surface area contributed by atoms with Crippen molar-refractivity contribution >= 4 is 12.0 Å². The number of allylic oxidation sites excluding steroid dienone is 1. The van der Waals surface area contributed by atoms with Gasteiger partial charge in [0.25, 0.3) is 0 Å². The predicted octanol–water partition coefficient (Wildman–Crippen LogP) is 3.12. The Bertz CT molecular complexity index is 388. The van der Waals surface area contributed by atoms with Gasteiger partial charge in [0, 0.05) is 5.57 Å². The van der Waals surface area contributed by atoms with Gasteiger partial charge >= 0.3 is 5.97 Å². The summed E-state index contributed by atoms with van der Waals surface area (Å²) in [5, 5.41) is 8.67. The van der Waals surface area contributed by atoms with E-state index in [1.165, 1.54) is 0 Å². The Balaban J connectivity index is 2.69. The van der Waals surface area contributed by atoms with Crippen LogP contribution in [0.25, 0.3) is 6.08 Å². The van der Waals surface area contributed by atoms with E-state index in [2.05, 4.69) is 6.58 Å². The van der Waals surface area contributed by atoms with E-state index in [0.29, 0.717) is 6.42 Å². The Kier molecular flexibility index (Phi) is 3.86. The van der Waals surface area contributed by atoms with Crippen molar-refractivity contribution in [1.82, 2.24) is 0 Å². The normalized spacial score (nSPS) is 11.1. The maximum atomic E-state index is 10.6. The third-order valence-electron chi connectivity index (χ3n) is 2.01. The zero-order valence-corrected chi connectivity index (χ0v) is 8.73. The van der Waals surface area contributed by atoms with Crippen LogP contribution in [-0.2, 0) is 4.79 Å². The minimum atomic E-state index is -0.934. The first-order valence-corrected chi connectivity index (χ1v) is 4.73. The molecule has 2 nitrogen and oxygen atoms in total. The van der Waals surface area contributed by atoms with Crippen molar-refractivity contribution in [2.45, 2.75) is 13.3 Å². The summed E-state index contributed by atoms with van der Waals surface area (Å²) in [6, 6.07) is 9.80. The van der Waals surface area contributed by atoms with Crippen molar-refractivity contribution < 1.29 is 9.90 Å². The molecule has 1 aromatic rings. The molecule has 1 rings (SSSR count). The monoisotopic (exact) mass is 202 g/mol. The molecule has 0 aliphatic rings. The van der Waals surface area contributed by atoms with E-state index >= 15 is 0 Å². The topological polar surface area (TPSA) is 37.3 Å². The Hall–Kier alpha value is -1.83. The molecule has 0 amide bonds. The van der Waals surface area contributed by atoms with Gasteiger partial charge in [0.15, 0.2) is 0 Å². The number of carboxylic acids is 1. The second-order valence-electron chi connectivity index (χ2n) is 3.49. The van der Waals surface area contributed by atoms with E-state index in [-0.39, 0.29) is 5.57 Å². The lowest BCUT2D eigenvalue weighted by molar-refractivity contribution is -0.132. The van der Waals surface area contributed by atoms with Crippen LogP contribution in [0.3, 0.4) is 0 Å². The molecule has 1 N–H and O–H groups in total. The van der Waals surface area contributed by atoms with Gasteiger partial charge in [0.1, 0.15) is 0 Å². The summed E-state index contributed by atoms with van der Waals surface area (Å²) >= 11 is 0. The molecule has 0 atom stereocenters. The van der Waals surface area contributed by atoms with Crippen LogP contribution in [0.15, 0.2) is 48.1 Å². The Morgan fingerprint density at radius 1 is 1.40 bits per heavy atom. The lowest BCUT2D eigenvalue weighted by atomic mass is 10.1. The van der Waals surface area contributed by atoms with Gasteiger partial charge in [-0.3, -0.25) is 0 Å². The molecule has 0 bridgehead atoms. The number of benzene rings is 1. The summed E-state index contributed by atoms with van der Waals surface area (Å²) in [5.41, 5.74) is 2.29. The minimum absolute atomic E-state index is 0.222. The van der Waals surface area contributed by atoms with E-state index in [0.717, 1.165) is 11.1 Å². The molecule has 0 fully saturated rings. The van der Waals surface area contributed by atoms with Gasteiger partial charge < -0.3 is 5.11 Å². The third kappa shape index (κ3) is 3.81. The number of rotatable bonds is 4. The molecule has 0 heterocycles.